The quantitative estimate of drug-likeness (QED) is 0.626. The molecule has 2 aromatic rings. The van der Waals surface area contributed by atoms with Gasteiger partial charge in [-0.3, -0.25) is 14.9 Å². The van der Waals surface area contributed by atoms with Crippen LogP contribution >= 0.6 is 11.6 Å². The molecule has 1 heterocycles. The lowest BCUT2D eigenvalue weighted by molar-refractivity contribution is -0.126. The van der Waals surface area contributed by atoms with Crippen molar-refractivity contribution in [2.45, 2.75) is 32.8 Å². The Morgan fingerprint density at radius 1 is 1.40 bits per heavy atom. The molecule has 0 bridgehead atoms. The topological polar surface area (TPSA) is 114 Å². The van der Waals surface area contributed by atoms with E-state index < -0.39 is 23.6 Å². The van der Waals surface area contributed by atoms with Crippen molar-refractivity contribution in [3.63, 3.8) is 0 Å². The number of nitrogens with two attached hydrogens (primary N) is 1. The molecule has 1 aromatic carbocycles. The minimum atomic E-state index is -1.00. The van der Waals surface area contributed by atoms with Crippen LogP contribution in [0.1, 0.15) is 26.3 Å². The van der Waals surface area contributed by atoms with Crippen LogP contribution in [0, 0.1) is 5.41 Å². The third-order valence-electron chi connectivity index (χ3n) is 3.25. The Bertz CT molecular complexity index is 853. The molecule has 8 nitrogen and oxygen atoms in total. The van der Waals surface area contributed by atoms with Crippen molar-refractivity contribution in [1.82, 2.24) is 14.7 Å². The number of aryl methyl sites for hydroxylation is 1. The molecule has 2 amide bonds. The van der Waals surface area contributed by atoms with Gasteiger partial charge in [-0.1, -0.05) is 11.6 Å². The van der Waals surface area contributed by atoms with Gasteiger partial charge in [-0.25, -0.2) is 4.79 Å². The van der Waals surface area contributed by atoms with E-state index in [0.717, 1.165) is 0 Å². The second-order valence-corrected chi connectivity index (χ2v) is 6.94. The van der Waals surface area contributed by atoms with Crippen LogP contribution in [0.2, 0.25) is 5.02 Å². The van der Waals surface area contributed by atoms with E-state index in [2.05, 4.69) is 5.10 Å². The summed E-state index contributed by atoms with van der Waals surface area (Å²) in [5, 5.41) is 12.9. The molecule has 0 saturated carbocycles. The molecule has 0 aliphatic heterocycles. The maximum atomic E-state index is 12.6. The van der Waals surface area contributed by atoms with E-state index in [0.29, 0.717) is 26.4 Å². The first-order valence-corrected chi connectivity index (χ1v) is 7.88. The number of aromatic nitrogens is 2. The number of benzene rings is 1. The molecular formula is C16H20ClN5O3. The number of hydrogen-bond acceptors (Lipinski definition) is 5. The summed E-state index contributed by atoms with van der Waals surface area (Å²) < 4.78 is 6.74. The van der Waals surface area contributed by atoms with Gasteiger partial charge >= 0.3 is 6.09 Å². The van der Waals surface area contributed by atoms with Gasteiger partial charge in [-0.2, -0.15) is 10.00 Å². The number of rotatable bonds is 2. The van der Waals surface area contributed by atoms with Crippen LogP contribution in [-0.2, 0) is 23.0 Å². The van der Waals surface area contributed by atoms with E-state index in [1.54, 1.807) is 50.8 Å². The fraction of sp³-hybridized carbons (Fsp3) is 0.375. The standard InChI is InChI=1S/C16H20ClN5O3/c1-16(2,3)25-15(24)22(14(18)19)13(23)7-9-10-8-21(4)20-12(10)6-5-11(9)17/h5-6,8H,7H2,1-4H3,(H3,18,19). The van der Waals surface area contributed by atoms with Crippen LogP contribution in [0.3, 0.4) is 0 Å². The highest BCUT2D eigenvalue weighted by atomic mass is 35.5. The molecule has 0 aliphatic rings. The first kappa shape index (κ1) is 18.7. The van der Waals surface area contributed by atoms with E-state index in [1.165, 1.54) is 0 Å². The number of imide groups is 1. The van der Waals surface area contributed by atoms with Gasteiger partial charge in [-0.05, 0) is 38.5 Å². The van der Waals surface area contributed by atoms with Gasteiger partial charge in [0.05, 0.1) is 11.9 Å². The Morgan fingerprint density at radius 2 is 2.04 bits per heavy atom. The van der Waals surface area contributed by atoms with E-state index in [4.69, 9.17) is 27.5 Å². The molecule has 3 N–H and O–H groups in total. The molecule has 0 unspecified atom stereocenters. The normalized spacial score (nSPS) is 11.4. The Kier molecular flexibility index (Phi) is 5.03. The highest BCUT2D eigenvalue weighted by molar-refractivity contribution is 6.32. The Morgan fingerprint density at radius 3 is 2.60 bits per heavy atom. The summed E-state index contributed by atoms with van der Waals surface area (Å²) in [6, 6.07) is 3.37. The molecule has 0 saturated heterocycles. The summed E-state index contributed by atoms with van der Waals surface area (Å²) in [7, 11) is 1.75. The van der Waals surface area contributed by atoms with Crippen molar-refractivity contribution in [2.24, 2.45) is 12.8 Å². The Hall–Kier alpha value is -2.61. The number of nitrogens with zero attached hydrogens (tertiary/aromatic N) is 3. The minimum absolute atomic E-state index is 0.222. The number of ether oxygens (including phenoxy) is 1. The number of carbonyl (C=O) groups is 2. The maximum absolute atomic E-state index is 12.6. The van der Waals surface area contributed by atoms with E-state index in [1.807, 2.05) is 0 Å². The minimum Gasteiger partial charge on any atom is -0.443 e. The van der Waals surface area contributed by atoms with Crippen molar-refractivity contribution >= 4 is 40.5 Å². The smallest absolute Gasteiger partial charge is 0.424 e. The van der Waals surface area contributed by atoms with Crippen molar-refractivity contribution < 1.29 is 14.3 Å². The summed E-state index contributed by atoms with van der Waals surface area (Å²) in [4.78, 5) is 25.3. The molecule has 1 aromatic heterocycles. The van der Waals surface area contributed by atoms with Crippen molar-refractivity contribution in [3.05, 3.63) is 28.9 Å². The molecular weight excluding hydrogens is 346 g/mol. The highest BCUT2D eigenvalue weighted by Crippen LogP contribution is 2.26. The fourth-order valence-electron chi connectivity index (χ4n) is 2.29. The average Bonchev–Trinajstić information content (AvgIpc) is 2.80. The molecule has 0 radical (unpaired) electrons. The summed E-state index contributed by atoms with van der Waals surface area (Å²) in [6.45, 7) is 4.96. The van der Waals surface area contributed by atoms with Crippen LogP contribution in [0.25, 0.3) is 10.9 Å². The van der Waals surface area contributed by atoms with E-state index in [9.17, 15) is 9.59 Å². The lowest BCUT2D eigenvalue weighted by atomic mass is 10.1. The highest BCUT2D eigenvalue weighted by Gasteiger charge is 2.30. The molecule has 25 heavy (non-hydrogen) atoms. The zero-order chi connectivity index (χ0) is 18.9. The van der Waals surface area contributed by atoms with Crippen LogP contribution in [0.5, 0.6) is 0 Å². The molecule has 0 atom stereocenters. The van der Waals surface area contributed by atoms with Crippen molar-refractivity contribution in [3.8, 4) is 0 Å². The number of fused-ring (bicyclic) bond motifs is 1. The van der Waals surface area contributed by atoms with Gasteiger partial charge < -0.3 is 10.5 Å². The predicted octanol–water partition coefficient (Wildman–Crippen LogP) is 2.43. The Balaban J connectivity index is 2.35. The zero-order valence-electron chi connectivity index (χ0n) is 14.5. The monoisotopic (exact) mass is 365 g/mol. The lowest BCUT2D eigenvalue weighted by Gasteiger charge is -2.25. The van der Waals surface area contributed by atoms with Crippen LogP contribution in [-0.4, -0.2) is 38.2 Å². The largest absolute Gasteiger partial charge is 0.443 e. The van der Waals surface area contributed by atoms with Gasteiger partial charge in [0.1, 0.15) is 5.60 Å². The van der Waals surface area contributed by atoms with Gasteiger partial charge in [0.2, 0.25) is 11.9 Å². The molecule has 0 aliphatic carbocycles. The fourth-order valence-corrected chi connectivity index (χ4v) is 2.53. The average molecular weight is 366 g/mol. The first-order valence-electron chi connectivity index (χ1n) is 7.50. The van der Waals surface area contributed by atoms with Crippen molar-refractivity contribution in [2.75, 3.05) is 0 Å². The third kappa shape index (κ3) is 4.27. The molecule has 134 valence electrons. The predicted molar refractivity (Wildman–Crippen MR) is 94.4 cm³/mol. The third-order valence-corrected chi connectivity index (χ3v) is 3.61. The second kappa shape index (κ2) is 6.72. The summed E-state index contributed by atoms with van der Waals surface area (Å²) >= 11 is 6.22. The second-order valence-electron chi connectivity index (χ2n) is 6.53. The molecule has 0 fully saturated rings. The number of carbonyl (C=O) groups excluding carboxylic acids is 2. The Labute approximate surface area is 150 Å². The van der Waals surface area contributed by atoms with Gasteiger partial charge in [-0.15, -0.1) is 0 Å². The van der Waals surface area contributed by atoms with Gasteiger partial charge in [0.15, 0.2) is 0 Å². The number of nitrogens with one attached hydrogen (secondary N) is 1. The van der Waals surface area contributed by atoms with E-state index in [-0.39, 0.29) is 6.42 Å². The summed E-state index contributed by atoms with van der Waals surface area (Å²) in [5.41, 5.74) is 5.75. The maximum Gasteiger partial charge on any atom is 0.424 e. The molecule has 2 rings (SSSR count). The molecule has 9 heteroatoms. The van der Waals surface area contributed by atoms with Gasteiger partial charge in [0, 0.05) is 23.7 Å². The number of amides is 2. The van der Waals surface area contributed by atoms with E-state index >= 15 is 0 Å². The number of hydrogen-bond donors (Lipinski definition) is 2. The first-order chi connectivity index (χ1) is 11.5. The zero-order valence-corrected chi connectivity index (χ0v) is 15.2. The molecule has 0 spiro atoms. The van der Waals surface area contributed by atoms with Crippen LogP contribution in [0.4, 0.5) is 4.79 Å². The van der Waals surface area contributed by atoms with Gasteiger partial charge in [0.25, 0.3) is 0 Å². The van der Waals surface area contributed by atoms with Crippen LogP contribution in [0.15, 0.2) is 18.3 Å². The summed E-state index contributed by atoms with van der Waals surface area (Å²) in [5.74, 6) is -1.42. The number of guanidine groups is 1. The summed E-state index contributed by atoms with van der Waals surface area (Å²) in [6.07, 6.45) is 0.510. The van der Waals surface area contributed by atoms with Crippen molar-refractivity contribution in [1.29, 1.82) is 5.41 Å². The SMILES string of the molecule is Cn1cc2c(CC(=O)N(C(=N)N)C(=O)OC(C)(C)C)c(Cl)ccc2n1. The lowest BCUT2D eigenvalue weighted by Crippen LogP contribution is -2.48. The van der Waals surface area contributed by atoms with Crippen LogP contribution < -0.4 is 5.73 Å². The number of halogens is 1.